The fourth-order valence-electron chi connectivity index (χ4n) is 2.93. The molecular formula is C19H22ClN3O2S2. The third-order valence-corrected chi connectivity index (χ3v) is 7.38. The molecule has 0 radical (unpaired) electrons. The van der Waals surface area contributed by atoms with Crippen LogP contribution in [0.4, 0.5) is 5.69 Å². The molecule has 8 heteroatoms. The second-order valence-corrected chi connectivity index (χ2v) is 9.28. The maximum atomic E-state index is 12.8. The van der Waals surface area contributed by atoms with Gasteiger partial charge in [0.05, 0.1) is 4.90 Å². The quantitative estimate of drug-likeness (QED) is 0.763. The molecule has 27 heavy (non-hydrogen) atoms. The van der Waals surface area contributed by atoms with E-state index in [1.54, 1.807) is 12.1 Å². The summed E-state index contributed by atoms with van der Waals surface area (Å²) >= 11 is 11.7. The molecule has 1 N–H and O–H groups in total. The molecule has 1 aliphatic rings. The summed E-state index contributed by atoms with van der Waals surface area (Å²) in [7, 11) is -3.47. The fraction of sp³-hybridized carbons (Fsp3) is 0.316. The average Bonchev–Trinajstić information content (AvgIpc) is 2.66. The lowest BCUT2D eigenvalue weighted by Gasteiger charge is -2.35. The summed E-state index contributed by atoms with van der Waals surface area (Å²) in [6, 6.07) is 12.6. The van der Waals surface area contributed by atoms with Gasteiger partial charge in [-0.2, -0.15) is 4.31 Å². The van der Waals surface area contributed by atoms with Gasteiger partial charge in [-0.3, -0.25) is 0 Å². The molecule has 0 aliphatic carbocycles. The molecule has 0 spiro atoms. The van der Waals surface area contributed by atoms with Crippen LogP contribution in [0.3, 0.4) is 0 Å². The Bertz CT molecular complexity index is 938. The van der Waals surface area contributed by atoms with Crippen molar-refractivity contribution in [1.82, 2.24) is 9.21 Å². The zero-order chi connectivity index (χ0) is 19.6. The van der Waals surface area contributed by atoms with Crippen molar-refractivity contribution in [3.63, 3.8) is 0 Å². The Morgan fingerprint density at radius 2 is 1.67 bits per heavy atom. The molecule has 1 fully saturated rings. The summed E-state index contributed by atoms with van der Waals surface area (Å²) in [4.78, 5) is 2.31. The number of nitrogens with one attached hydrogen (secondary N) is 1. The van der Waals surface area contributed by atoms with Gasteiger partial charge < -0.3 is 10.2 Å². The molecule has 2 aromatic carbocycles. The second-order valence-electron chi connectivity index (χ2n) is 6.55. The van der Waals surface area contributed by atoms with E-state index in [1.807, 2.05) is 49.1 Å². The summed E-state index contributed by atoms with van der Waals surface area (Å²) in [5.41, 5.74) is 2.83. The van der Waals surface area contributed by atoms with Crippen LogP contribution in [0.15, 0.2) is 47.4 Å². The van der Waals surface area contributed by atoms with Crippen molar-refractivity contribution in [1.29, 1.82) is 0 Å². The molecule has 0 bridgehead atoms. The van der Waals surface area contributed by atoms with E-state index in [-0.39, 0.29) is 0 Å². The van der Waals surface area contributed by atoms with Gasteiger partial charge in [-0.1, -0.05) is 35.4 Å². The molecule has 144 valence electrons. The van der Waals surface area contributed by atoms with Crippen molar-refractivity contribution in [3.05, 3.63) is 58.6 Å². The average molecular weight is 424 g/mol. The first kappa shape index (κ1) is 20.1. The van der Waals surface area contributed by atoms with E-state index < -0.39 is 10.0 Å². The van der Waals surface area contributed by atoms with Crippen LogP contribution >= 0.6 is 23.8 Å². The van der Waals surface area contributed by atoms with Crippen LogP contribution in [0.1, 0.15) is 11.1 Å². The minimum Gasteiger partial charge on any atom is -0.346 e. The van der Waals surface area contributed by atoms with E-state index in [0.29, 0.717) is 41.2 Å². The second kappa shape index (κ2) is 8.14. The highest BCUT2D eigenvalue weighted by Crippen LogP contribution is 2.24. The molecule has 3 rings (SSSR count). The number of anilines is 1. The molecule has 0 saturated carbocycles. The van der Waals surface area contributed by atoms with Gasteiger partial charge in [0.25, 0.3) is 0 Å². The van der Waals surface area contributed by atoms with Crippen molar-refractivity contribution < 1.29 is 8.42 Å². The van der Waals surface area contributed by atoms with Crippen LogP contribution in [0.2, 0.25) is 5.02 Å². The Morgan fingerprint density at radius 3 is 2.30 bits per heavy atom. The number of hydrogen-bond acceptors (Lipinski definition) is 3. The number of sulfonamides is 1. The van der Waals surface area contributed by atoms with Gasteiger partial charge in [-0.25, -0.2) is 8.42 Å². The lowest BCUT2D eigenvalue weighted by atomic mass is 10.2. The van der Waals surface area contributed by atoms with E-state index in [2.05, 4.69) is 5.32 Å². The maximum absolute atomic E-state index is 12.8. The zero-order valence-electron chi connectivity index (χ0n) is 15.3. The molecule has 1 heterocycles. The van der Waals surface area contributed by atoms with Gasteiger partial charge in [-0.05, 0) is 55.9 Å². The number of piperazine rings is 1. The number of nitrogens with zero attached hydrogens (tertiary/aromatic N) is 2. The molecule has 0 amide bonds. The van der Waals surface area contributed by atoms with Gasteiger partial charge in [0.1, 0.15) is 0 Å². The number of thiocarbonyl (C=S) groups is 1. The SMILES string of the molecule is Cc1ccc(S(=O)(=O)N2CCN(C(=S)Nc3cccc(Cl)c3C)CC2)cc1. The predicted molar refractivity (Wildman–Crippen MR) is 114 cm³/mol. The van der Waals surface area contributed by atoms with E-state index in [9.17, 15) is 8.42 Å². The lowest BCUT2D eigenvalue weighted by molar-refractivity contribution is 0.268. The minimum atomic E-state index is -3.47. The van der Waals surface area contributed by atoms with Gasteiger partial charge in [-0.15, -0.1) is 0 Å². The molecule has 0 atom stereocenters. The van der Waals surface area contributed by atoms with Crippen LogP contribution in [0.5, 0.6) is 0 Å². The first-order valence-electron chi connectivity index (χ1n) is 8.67. The summed E-state index contributed by atoms with van der Waals surface area (Å²) in [5, 5.41) is 4.47. The molecule has 2 aromatic rings. The van der Waals surface area contributed by atoms with Crippen LogP contribution in [-0.2, 0) is 10.0 Å². The maximum Gasteiger partial charge on any atom is 0.243 e. The van der Waals surface area contributed by atoms with Gasteiger partial charge in [0.15, 0.2) is 5.11 Å². The fourth-order valence-corrected chi connectivity index (χ4v) is 4.82. The van der Waals surface area contributed by atoms with E-state index in [0.717, 1.165) is 16.8 Å². The van der Waals surface area contributed by atoms with Crippen molar-refractivity contribution >= 4 is 44.6 Å². The number of rotatable bonds is 3. The number of benzene rings is 2. The Balaban J connectivity index is 1.63. The van der Waals surface area contributed by atoms with Gasteiger partial charge in [0, 0.05) is 36.9 Å². The standard InChI is InChI=1S/C19H22ClN3O2S2/c1-14-6-8-16(9-7-14)27(24,25)23-12-10-22(11-13-23)19(26)21-18-5-3-4-17(20)15(18)2/h3-9H,10-13H2,1-2H3,(H,21,26). The molecule has 0 aromatic heterocycles. The first-order valence-corrected chi connectivity index (χ1v) is 10.9. The third kappa shape index (κ3) is 4.43. The third-order valence-electron chi connectivity index (χ3n) is 4.69. The largest absolute Gasteiger partial charge is 0.346 e. The molecule has 5 nitrogen and oxygen atoms in total. The Hall–Kier alpha value is -1.67. The Labute approximate surface area is 171 Å². The monoisotopic (exact) mass is 423 g/mol. The summed E-state index contributed by atoms with van der Waals surface area (Å²) in [5.74, 6) is 0. The van der Waals surface area contributed by atoms with Crippen LogP contribution in [0, 0.1) is 13.8 Å². The van der Waals surface area contributed by atoms with E-state index in [1.165, 1.54) is 4.31 Å². The van der Waals surface area contributed by atoms with E-state index >= 15 is 0 Å². The summed E-state index contributed by atoms with van der Waals surface area (Å²) in [6.07, 6.45) is 0. The topological polar surface area (TPSA) is 52.7 Å². The number of halogens is 1. The van der Waals surface area contributed by atoms with E-state index in [4.69, 9.17) is 23.8 Å². The van der Waals surface area contributed by atoms with Crippen LogP contribution < -0.4 is 5.32 Å². The number of aryl methyl sites for hydroxylation is 1. The van der Waals surface area contributed by atoms with Gasteiger partial charge >= 0.3 is 0 Å². The van der Waals surface area contributed by atoms with Crippen LogP contribution in [0.25, 0.3) is 0 Å². The van der Waals surface area contributed by atoms with Crippen molar-refractivity contribution in [3.8, 4) is 0 Å². The van der Waals surface area contributed by atoms with Crippen LogP contribution in [-0.4, -0.2) is 48.9 Å². The molecule has 0 unspecified atom stereocenters. The predicted octanol–water partition coefficient (Wildman–Crippen LogP) is 3.66. The Kier molecular flexibility index (Phi) is 6.05. The first-order chi connectivity index (χ1) is 12.8. The highest BCUT2D eigenvalue weighted by atomic mass is 35.5. The summed E-state index contributed by atoms with van der Waals surface area (Å²) in [6.45, 7) is 5.73. The lowest BCUT2D eigenvalue weighted by Crippen LogP contribution is -2.51. The highest BCUT2D eigenvalue weighted by Gasteiger charge is 2.29. The van der Waals surface area contributed by atoms with Crippen molar-refractivity contribution in [2.75, 3.05) is 31.5 Å². The Morgan fingerprint density at radius 1 is 1.04 bits per heavy atom. The van der Waals surface area contributed by atoms with Crippen molar-refractivity contribution in [2.24, 2.45) is 0 Å². The molecule has 1 aliphatic heterocycles. The van der Waals surface area contributed by atoms with Crippen molar-refractivity contribution in [2.45, 2.75) is 18.7 Å². The molecular weight excluding hydrogens is 402 g/mol. The van der Waals surface area contributed by atoms with Gasteiger partial charge in [0.2, 0.25) is 10.0 Å². The zero-order valence-corrected chi connectivity index (χ0v) is 17.7. The minimum absolute atomic E-state index is 0.330. The summed E-state index contributed by atoms with van der Waals surface area (Å²) < 4.78 is 27.1. The normalized spacial score (nSPS) is 15.6. The highest BCUT2D eigenvalue weighted by molar-refractivity contribution is 7.89. The number of hydrogen-bond donors (Lipinski definition) is 1. The smallest absolute Gasteiger partial charge is 0.243 e. The molecule has 1 saturated heterocycles.